The fraction of sp³-hybridized carbons (Fsp3) is 0.280. The molecule has 172 valence electrons. The van der Waals surface area contributed by atoms with Crippen LogP contribution in [0.2, 0.25) is 0 Å². The fourth-order valence-corrected chi connectivity index (χ4v) is 4.36. The number of aromatic nitrogens is 4. The first-order valence-electron chi connectivity index (χ1n) is 11.0. The number of aryl methyl sites for hydroxylation is 3. The molecule has 3 N–H and O–H groups in total. The number of rotatable bonds is 5. The van der Waals surface area contributed by atoms with Gasteiger partial charge >= 0.3 is 0 Å². The van der Waals surface area contributed by atoms with E-state index in [1.807, 2.05) is 19.1 Å². The highest BCUT2D eigenvalue weighted by atomic mass is 19.1. The fourth-order valence-electron chi connectivity index (χ4n) is 4.36. The molecule has 0 radical (unpaired) electrons. The number of nitrogens with two attached hydrogens (primary N) is 1. The lowest BCUT2D eigenvalue weighted by Gasteiger charge is -2.16. The maximum Gasteiger partial charge on any atom is 0.272 e. The van der Waals surface area contributed by atoms with Crippen LogP contribution in [-0.2, 0) is 13.6 Å². The van der Waals surface area contributed by atoms with E-state index in [1.165, 1.54) is 0 Å². The Balaban J connectivity index is 1.79. The van der Waals surface area contributed by atoms with Gasteiger partial charge in [0.05, 0.1) is 34.6 Å². The summed E-state index contributed by atoms with van der Waals surface area (Å²) in [6.45, 7) is 3.62. The summed E-state index contributed by atoms with van der Waals surface area (Å²) >= 11 is 0. The summed E-state index contributed by atoms with van der Waals surface area (Å²) in [7, 11) is 1.70. The Labute approximate surface area is 194 Å². The number of halogens is 1. The van der Waals surface area contributed by atoms with Crippen molar-refractivity contribution in [1.82, 2.24) is 20.0 Å². The predicted molar refractivity (Wildman–Crippen MR) is 126 cm³/mol. The lowest BCUT2D eigenvalue weighted by Crippen LogP contribution is -2.14. The van der Waals surface area contributed by atoms with Gasteiger partial charge in [0.2, 0.25) is 0 Å². The molecule has 0 aliphatic heterocycles. The number of benzene rings is 2. The van der Waals surface area contributed by atoms with Crippen molar-refractivity contribution >= 4 is 10.8 Å². The van der Waals surface area contributed by atoms with Crippen molar-refractivity contribution in [3.63, 3.8) is 0 Å². The van der Waals surface area contributed by atoms with Crippen LogP contribution in [0.15, 0.2) is 29.2 Å². The SMILES string of the molecule is Cc1cc(OC2CC2)c(C#N)c(-c2c(-c3cc(C)c4c(=O)[nH]nc(CN)c4c3)cnn2C)c1F. The summed E-state index contributed by atoms with van der Waals surface area (Å²) in [6, 6.07) is 7.39. The second-order valence-electron chi connectivity index (χ2n) is 8.63. The average Bonchev–Trinajstić information content (AvgIpc) is 3.55. The summed E-state index contributed by atoms with van der Waals surface area (Å²) in [5, 5.41) is 22.1. The minimum atomic E-state index is -0.497. The van der Waals surface area contributed by atoms with Crippen molar-refractivity contribution in [2.24, 2.45) is 12.8 Å². The number of H-pyrrole nitrogens is 1. The first-order valence-corrected chi connectivity index (χ1v) is 11.0. The zero-order chi connectivity index (χ0) is 24.1. The van der Waals surface area contributed by atoms with Crippen LogP contribution in [0.1, 0.15) is 35.2 Å². The normalized spacial score (nSPS) is 13.3. The van der Waals surface area contributed by atoms with Crippen molar-refractivity contribution in [1.29, 1.82) is 5.26 Å². The van der Waals surface area contributed by atoms with Crippen molar-refractivity contribution < 1.29 is 9.13 Å². The number of fused-ring (bicyclic) bond motifs is 1. The second-order valence-corrected chi connectivity index (χ2v) is 8.63. The molecule has 1 fully saturated rings. The van der Waals surface area contributed by atoms with Crippen molar-refractivity contribution in [3.05, 3.63) is 63.0 Å². The number of hydrogen-bond acceptors (Lipinski definition) is 6. The van der Waals surface area contributed by atoms with Crippen LogP contribution in [0.5, 0.6) is 5.75 Å². The highest BCUT2D eigenvalue weighted by molar-refractivity contribution is 5.94. The molecule has 0 atom stereocenters. The number of ether oxygens (including phenoxy) is 1. The van der Waals surface area contributed by atoms with E-state index >= 15 is 4.39 Å². The Morgan fingerprint density at radius 2 is 2.06 bits per heavy atom. The smallest absolute Gasteiger partial charge is 0.272 e. The molecule has 0 spiro atoms. The molecule has 1 aliphatic rings. The third kappa shape index (κ3) is 3.43. The second kappa shape index (κ2) is 8.08. The minimum absolute atomic E-state index is 0.0548. The van der Waals surface area contributed by atoms with E-state index in [0.29, 0.717) is 44.6 Å². The molecule has 34 heavy (non-hydrogen) atoms. The van der Waals surface area contributed by atoms with Crippen molar-refractivity contribution in [2.45, 2.75) is 39.3 Å². The molecule has 2 heterocycles. The molecule has 2 aromatic carbocycles. The molecule has 5 rings (SSSR count). The Hall–Kier alpha value is -4.03. The van der Waals surface area contributed by atoms with Crippen molar-refractivity contribution in [2.75, 3.05) is 0 Å². The molecule has 0 bridgehead atoms. The van der Waals surface area contributed by atoms with Crippen LogP contribution in [0.25, 0.3) is 33.2 Å². The summed E-state index contributed by atoms with van der Waals surface area (Å²) in [4.78, 5) is 12.4. The molecule has 8 nitrogen and oxygen atoms in total. The van der Waals surface area contributed by atoms with Gasteiger partial charge in [-0.3, -0.25) is 9.48 Å². The molecule has 9 heteroatoms. The number of nitrogens with one attached hydrogen (secondary N) is 1. The zero-order valence-corrected chi connectivity index (χ0v) is 19.1. The van der Waals surface area contributed by atoms with Gasteiger partial charge in [0.15, 0.2) is 0 Å². The third-order valence-electron chi connectivity index (χ3n) is 6.19. The molecule has 0 unspecified atom stereocenters. The molecule has 0 amide bonds. The topological polar surface area (TPSA) is 123 Å². The molecule has 0 saturated heterocycles. The standard InChI is InChI=1S/C25H23FN6O2/c1-12-6-14(8-16-19(10-28)30-31-25(33)21(12)16)18-11-29-32(3)24(18)22-17(9-27)20(34-15-4-5-15)7-13(2)23(22)26/h6-8,11,15H,4-5,10,28H2,1-3H3,(H,31,33). The lowest BCUT2D eigenvalue weighted by atomic mass is 9.93. The van der Waals surface area contributed by atoms with E-state index in [-0.39, 0.29) is 29.3 Å². The maximum absolute atomic E-state index is 15.6. The predicted octanol–water partition coefficient (Wildman–Crippen LogP) is 3.62. The largest absolute Gasteiger partial charge is 0.489 e. The summed E-state index contributed by atoms with van der Waals surface area (Å²) in [5.74, 6) is -0.121. The van der Waals surface area contributed by atoms with Crippen LogP contribution >= 0.6 is 0 Å². The first kappa shape index (κ1) is 21.8. The van der Waals surface area contributed by atoms with Gasteiger partial charge in [-0.25, -0.2) is 9.49 Å². The summed E-state index contributed by atoms with van der Waals surface area (Å²) in [6.07, 6.45) is 3.52. The van der Waals surface area contributed by atoms with E-state index in [4.69, 9.17) is 10.5 Å². The van der Waals surface area contributed by atoms with E-state index in [0.717, 1.165) is 18.4 Å². The summed E-state index contributed by atoms with van der Waals surface area (Å²) < 4.78 is 23.1. The lowest BCUT2D eigenvalue weighted by molar-refractivity contribution is 0.301. The number of aromatic amines is 1. The Kier molecular flexibility index (Phi) is 5.18. The van der Waals surface area contributed by atoms with Crippen molar-refractivity contribution in [3.8, 4) is 34.2 Å². The van der Waals surface area contributed by atoms with E-state index in [1.54, 1.807) is 30.9 Å². The van der Waals surface area contributed by atoms with Gasteiger partial charge in [-0.15, -0.1) is 0 Å². The zero-order valence-electron chi connectivity index (χ0n) is 19.1. The molecule has 2 aromatic heterocycles. The Morgan fingerprint density at radius 3 is 2.74 bits per heavy atom. The highest BCUT2D eigenvalue weighted by Gasteiger charge is 2.29. The minimum Gasteiger partial charge on any atom is -0.489 e. The van der Waals surface area contributed by atoms with Gasteiger partial charge in [-0.05, 0) is 55.5 Å². The number of hydrogen-bond donors (Lipinski definition) is 2. The highest BCUT2D eigenvalue weighted by Crippen LogP contribution is 2.42. The number of nitrogens with zero attached hydrogens (tertiary/aromatic N) is 4. The Morgan fingerprint density at radius 1 is 1.29 bits per heavy atom. The average molecular weight is 458 g/mol. The molecular weight excluding hydrogens is 435 g/mol. The van der Waals surface area contributed by atoms with Crippen LogP contribution in [0.3, 0.4) is 0 Å². The summed E-state index contributed by atoms with van der Waals surface area (Å²) in [5.41, 5.74) is 9.28. The van der Waals surface area contributed by atoms with Gasteiger partial charge in [0, 0.05) is 24.5 Å². The van der Waals surface area contributed by atoms with Gasteiger partial charge in [0.1, 0.15) is 23.2 Å². The maximum atomic E-state index is 15.6. The van der Waals surface area contributed by atoms with Gasteiger partial charge in [-0.2, -0.15) is 15.5 Å². The van der Waals surface area contributed by atoms with E-state index in [9.17, 15) is 10.1 Å². The monoisotopic (exact) mass is 458 g/mol. The first-order chi connectivity index (χ1) is 16.3. The van der Waals surface area contributed by atoms with E-state index < -0.39 is 5.82 Å². The van der Waals surface area contributed by atoms with Gasteiger partial charge < -0.3 is 10.5 Å². The molecule has 1 aliphatic carbocycles. The van der Waals surface area contributed by atoms with Crippen LogP contribution < -0.4 is 16.0 Å². The van der Waals surface area contributed by atoms with Crippen LogP contribution in [0.4, 0.5) is 4.39 Å². The number of nitriles is 1. The van der Waals surface area contributed by atoms with E-state index in [2.05, 4.69) is 21.4 Å². The molecular formula is C25H23FN6O2. The quantitative estimate of drug-likeness (QED) is 0.471. The van der Waals surface area contributed by atoms with Crippen LogP contribution in [0, 0.1) is 31.0 Å². The van der Waals surface area contributed by atoms with Gasteiger partial charge in [0.25, 0.3) is 5.56 Å². The molecule has 4 aromatic rings. The van der Waals surface area contributed by atoms with Gasteiger partial charge in [-0.1, -0.05) is 6.07 Å². The molecule has 1 saturated carbocycles. The van der Waals surface area contributed by atoms with Crippen LogP contribution in [-0.4, -0.2) is 26.1 Å². The third-order valence-corrected chi connectivity index (χ3v) is 6.19. The Bertz CT molecular complexity index is 1560.